The fraction of sp³-hybridized carbons (Fsp3) is 0.514. The van der Waals surface area contributed by atoms with Gasteiger partial charge in [-0.15, -0.1) is 22.7 Å². The predicted molar refractivity (Wildman–Crippen MR) is 237 cm³/mol. The number of aromatic nitrogens is 6. The highest BCUT2D eigenvalue weighted by Crippen LogP contribution is 2.39. The lowest BCUT2D eigenvalue weighted by molar-refractivity contribution is 0.0220. The lowest BCUT2D eigenvalue weighted by Crippen LogP contribution is -2.40. The van der Waals surface area contributed by atoms with Gasteiger partial charge in [-0.1, -0.05) is 70.7 Å². The maximum Gasteiger partial charge on any atom is 0.410 e. The molecule has 2 atom stereocenters. The zero-order valence-corrected chi connectivity index (χ0v) is 39.3. The normalized spacial score (nSPS) is 17.5. The number of rotatable bonds is 7. The van der Waals surface area contributed by atoms with Crippen molar-refractivity contribution in [2.75, 3.05) is 68.8 Å². The minimum Gasteiger partial charge on any atom is -0.472 e. The summed E-state index contributed by atoms with van der Waals surface area (Å²) in [6.45, 7) is 15.2. The zero-order valence-electron chi connectivity index (χ0n) is 33.9. The molecule has 0 bridgehead atoms. The molecule has 6 rings (SSSR count). The molecule has 0 N–H and O–H groups in total. The zero-order chi connectivity index (χ0) is 44.8. The van der Waals surface area contributed by atoms with Crippen molar-refractivity contribution in [3.63, 3.8) is 0 Å². The quantitative estimate of drug-likeness (QED) is 0.128. The van der Waals surface area contributed by atoms with Crippen molar-refractivity contribution in [3.05, 3.63) is 49.2 Å². The summed E-state index contributed by atoms with van der Waals surface area (Å²) < 4.78 is 45.8. The van der Waals surface area contributed by atoms with Crippen molar-refractivity contribution in [1.82, 2.24) is 39.7 Å². The van der Waals surface area contributed by atoms with E-state index in [2.05, 4.69) is 36.5 Å². The van der Waals surface area contributed by atoms with E-state index in [1.807, 2.05) is 0 Å². The minimum atomic E-state index is -1.34. The van der Waals surface area contributed by atoms with Crippen LogP contribution in [0.25, 0.3) is 21.4 Å². The van der Waals surface area contributed by atoms with Gasteiger partial charge in [0.1, 0.15) is 50.0 Å². The smallest absolute Gasteiger partial charge is 0.410 e. The highest BCUT2D eigenvalue weighted by atomic mass is 35.5. The summed E-state index contributed by atoms with van der Waals surface area (Å²) in [5.74, 6) is 1.21. The van der Waals surface area contributed by atoms with E-state index < -0.39 is 35.7 Å². The van der Waals surface area contributed by atoms with Gasteiger partial charge in [-0.2, -0.15) is 4.98 Å². The molecular formula is C37H43Cl5F2N10O5S2. The Bertz CT molecular complexity index is 2190. The second kappa shape index (κ2) is 20.7. The first-order chi connectivity index (χ1) is 28.6. The average molecular weight is 987 g/mol. The molecule has 0 aliphatic carbocycles. The number of carbonyl (C=O) groups excluding carboxylic acids is 2. The van der Waals surface area contributed by atoms with E-state index in [9.17, 15) is 18.4 Å². The van der Waals surface area contributed by atoms with Gasteiger partial charge in [0, 0.05) is 26.2 Å². The van der Waals surface area contributed by atoms with Crippen LogP contribution in [0.3, 0.4) is 0 Å². The number of ether oxygens (including phenoxy) is 3. The van der Waals surface area contributed by atoms with Crippen LogP contribution in [0.4, 0.5) is 30.0 Å². The van der Waals surface area contributed by atoms with Gasteiger partial charge in [0.05, 0.1) is 37.2 Å². The van der Waals surface area contributed by atoms with Crippen molar-refractivity contribution >= 4 is 105 Å². The van der Waals surface area contributed by atoms with Gasteiger partial charge < -0.3 is 33.8 Å². The molecule has 61 heavy (non-hydrogen) atoms. The first-order valence-electron chi connectivity index (χ1n) is 18.6. The molecule has 2 unspecified atom stereocenters. The molecule has 0 spiro atoms. The second-order valence-electron chi connectivity index (χ2n) is 15.4. The molecule has 2 fully saturated rings. The van der Waals surface area contributed by atoms with Gasteiger partial charge in [-0.3, -0.25) is 0 Å². The van der Waals surface area contributed by atoms with Crippen molar-refractivity contribution in [1.29, 1.82) is 0 Å². The molecule has 0 saturated carbocycles. The first kappa shape index (κ1) is 48.4. The van der Waals surface area contributed by atoms with Crippen molar-refractivity contribution in [2.24, 2.45) is 0 Å². The number of thiazole rings is 2. The van der Waals surface area contributed by atoms with E-state index in [1.165, 1.54) is 32.5 Å². The van der Waals surface area contributed by atoms with Crippen LogP contribution < -0.4 is 14.5 Å². The lowest BCUT2D eigenvalue weighted by Gasteiger charge is -2.27. The Morgan fingerprint density at radius 2 is 1.15 bits per heavy atom. The van der Waals surface area contributed by atoms with E-state index in [0.717, 1.165) is 0 Å². The second-order valence-corrected chi connectivity index (χ2v) is 19.0. The van der Waals surface area contributed by atoms with Crippen molar-refractivity contribution in [2.45, 2.75) is 65.1 Å². The standard InChI is InChI=1S/C20H24Cl2FN5O3S.C17H19Cl3FN5O2S/c1-5-8-30-18-13(21)17(25-16(26-18)14-15(22)24-11-32-14)27-6-7-28(10-12(23)9-27)19(29)31-20(2,3)4;1-17(2,3)28-16(27)26-5-4-25(6-9(21)7-26)15-10(18)12(19)23-14(24-15)11-13(20)22-8-29-11/h5,11-12H,1,6-10H2,2-4H3;8-9H,4-7H2,1-3H3. The average Bonchev–Trinajstić information content (AvgIpc) is 3.68. The Labute approximate surface area is 384 Å². The number of halogens is 7. The highest BCUT2D eigenvalue weighted by Gasteiger charge is 2.33. The molecule has 24 heteroatoms. The maximum atomic E-state index is 14.8. The van der Waals surface area contributed by atoms with Gasteiger partial charge in [-0.25, -0.2) is 43.3 Å². The summed E-state index contributed by atoms with van der Waals surface area (Å²) in [6.07, 6.45) is -2.25. The number of anilines is 2. The third-order valence-corrected chi connectivity index (χ3v) is 11.7. The molecule has 2 saturated heterocycles. The summed E-state index contributed by atoms with van der Waals surface area (Å²) in [6, 6.07) is 0. The van der Waals surface area contributed by atoms with Gasteiger partial charge >= 0.3 is 12.2 Å². The third kappa shape index (κ3) is 13.2. The Kier molecular flexibility index (Phi) is 16.5. The molecule has 2 amide bonds. The van der Waals surface area contributed by atoms with Crippen LogP contribution in [0.1, 0.15) is 41.5 Å². The summed E-state index contributed by atoms with van der Waals surface area (Å²) in [7, 11) is 0. The molecule has 0 aromatic carbocycles. The molecule has 2 aliphatic rings. The maximum absolute atomic E-state index is 14.8. The highest BCUT2D eigenvalue weighted by molar-refractivity contribution is 7.14. The van der Waals surface area contributed by atoms with Crippen molar-refractivity contribution in [3.8, 4) is 27.3 Å². The molecule has 15 nitrogen and oxygen atoms in total. The molecule has 6 heterocycles. The number of amides is 2. The fourth-order valence-corrected chi connectivity index (χ4v) is 8.22. The van der Waals surface area contributed by atoms with Crippen LogP contribution in [0, 0.1) is 0 Å². The van der Waals surface area contributed by atoms with Crippen LogP contribution in [0.2, 0.25) is 25.5 Å². The molecular weight excluding hydrogens is 944 g/mol. The van der Waals surface area contributed by atoms with Crippen molar-refractivity contribution < 1.29 is 32.6 Å². The van der Waals surface area contributed by atoms with Crippen LogP contribution in [-0.4, -0.2) is 134 Å². The van der Waals surface area contributed by atoms with Gasteiger partial charge in [0.25, 0.3) is 0 Å². The summed E-state index contributed by atoms with van der Waals surface area (Å²) >= 11 is 33.8. The number of alkyl halides is 2. The molecule has 0 radical (unpaired) electrons. The number of hydrogen-bond donors (Lipinski definition) is 0. The van der Waals surface area contributed by atoms with E-state index in [-0.39, 0.29) is 107 Å². The van der Waals surface area contributed by atoms with Crippen LogP contribution >= 0.6 is 80.7 Å². The van der Waals surface area contributed by atoms with Crippen LogP contribution in [-0.2, 0) is 9.47 Å². The molecule has 4 aromatic heterocycles. The van der Waals surface area contributed by atoms with Gasteiger partial charge in [-0.05, 0) is 41.5 Å². The largest absolute Gasteiger partial charge is 0.472 e. The Hall–Kier alpha value is -3.59. The van der Waals surface area contributed by atoms with Crippen LogP contribution in [0.15, 0.2) is 23.7 Å². The van der Waals surface area contributed by atoms with E-state index in [1.54, 1.807) is 68.4 Å². The van der Waals surface area contributed by atoms with Gasteiger partial charge in [0.15, 0.2) is 38.7 Å². The minimum absolute atomic E-state index is 0.0117. The SMILES string of the molecule is C=CCOc1nc(-c2scnc2Cl)nc(N2CCN(C(=O)OC(C)(C)C)CC(F)C2)c1Cl.CC(C)(C)OC(=O)N1CCN(c2nc(-c3scnc3Cl)nc(Cl)c2Cl)CC(F)C1. The number of hydrogen-bond acceptors (Lipinski definition) is 15. The Morgan fingerprint density at radius 1 is 0.705 bits per heavy atom. The molecule has 4 aromatic rings. The van der Waals surface area contributed by atoms with E-state index in [4.69, 9.17) is 72.2 Å². The fourth-order valence-electron chi connectivity index (χ4n) is 5.72. The van der Waals surface area contributed by atoms with Crippen LogP contribution in [0.5, 0.6) is 5.88 Å². The summed E-state index contributed by atoms with van der Waals surface area (Å²) in [5, 5.41) is 0.755. The summed E-state index contributed by atoms with van der Waals surface area (Å²) in [5.41, 5.74) is 1.79. The summed E-state index contributed by atoms with van der Waals surface area (Å²) in [4.78, 5) is 57.4. The lowest BCUT2D eigenvalue weighted by atomic mass is 10.2. The van der Waals surface area contributed by atoms with E-state index in [0.29, 0.717) is 16.3 Å². The predicted octanol–water partition coefficient (Wildman–Crippen LogP) is 9.82. The van der Waals surface area contributed by atoms with E-state index >= 15 is 0 Å². The first-order valence-corrected chi connectivity index (χ1v) is 22.3. The monoisotopic (exact) mass is 984 g/mol. The van der Waals surface area contributed by atoms with Gasteiger partial charge in [0.2, 0.25) is 5.88 Å². The number of carbonyl (C=O) groups is 2. The number of nitrogens with zero attached hydrogens (tertiary/aromatic N) is 10. The molecule has 332 valence electrons. The third-order valence-electron chi connectivity index (χ3n) is 8.24. The topological polar surface area (TPSA) is 152 Å². The molecule has 2 aliphatic heterocycles. The Morgan fingerprint density at radius 3 is 1.56 bits per heavy atom. The Balaban J connectivity index is 0.000000232.